The van der Waals surface area contributed by atoms with Crippen molar-refractivity contribution in [3.63, 3.8) is 0 Å². The van der Waals surface area contributed by atoms with Gasteiger partial charge in [-0.1, -0.05) is 18.2 Å². The molecular formula is C16H17F2N. The third kappa shape index (κ3) is 3.18. The Morgan fingerprint density at radius 3 is 2.47 bits per heavy atom. The largest absolute Gasteiger partial charge is 0.324 e. The molecule has 0 bridgehead atoms. The lowest BCUT2D eigenvalue weighted by Gasteiger charge is -2.15. The molecule has 0 fully saturated rings. The molecule has 1 unspecified atom stereocenters. The maximum Gasteiger partial charge on any atom is 0.128 e. The molecule has 2 N–H and O–H groups in total. The first-order chi connectivity index (χ1) is 8.97. The van der Waals surface area contributed by atoms with Crippen LogP contribution in [0.4, 0.5) is 8.78 Å². The highest BCUT2D eigenvalue weighted by Gasteiger charge is 2.13. The summed E-state index contributed by atoms with van der Waals surface area (Å²) in [6, 6.07) is 9.11. The molecule has 0 aliphatic carbocycles. The molecule has 1 nitrogen and oxygen atoms in total. The molecule has 0 amide bonds. The van der Waals surface area contributed by atoms with Crippen LogP contribution in [0.2, 0.25) is 0 Å². The highest BCUT2D eigenvalue weighted by atomic mass is 19.1. The van der Waals surface area contributed by atoms with Crippen molar-refractivity contribution in [3.8, 4) is 0 Å². The molecule has 1 atom stereocenters. The van der Waals surface area contributed by atoms with Gasteiger partial charge >= 0.3 is 0 Å². The second-order valence-corrected chi connectivity index (χ2v) is 4.91. The molecule has 0 spiro atoms. The van der Waals surface area contributed by atoms with Crippen molar-refractivity contribution >= 4 is 0 Å². The molecule has 0 saturated carbocycles. The summed E-state index contributed by atoms with van der Waals surface area (Å²) in [6.45, 7) is 3.72. The zero-order valence-electron chi connectivity index (χ0n) is 11.1. The van der Waals surface area contributed by atoms with Gasteiger partial charge in [0.05, 0.1) is 0 Å². The van der Waals surface area contributed by atoms with E-state index in [9.17, 15) is 8.78 Å². The molecule has 0 heterocycles. The fourth-order valence-electron chi connectivity index (χ4n) is 2.14. The van der Waals surface area contributed by atoms with E-state index in [0.29, 0.717) is 12.0 Å². The van der Waals surface area contributed by atoms with Crippen molar-refractivity contribution in [2.75, 3.05) is 0 Å². The van der Waals surface area contributed by atoms with Gasteiger partial charge in [-0.15, -0.1) is 0 Å². The summed E-state index contributed by atoms with van der Waals surface area (Å²) in [5.74, 6) is -0.598. The van der Waals surface area contributed by atoms with E-state index in [-0.39, 0.29) is 11.6 Å². The van der Waals surface area contributed by atoms with Crippen molar-refractivity contribution < 1.29 is 8.78 Å². The number of aryl methyl sites for hydroxylation is 2. The molecule has 0 aliphatic heterocycles. The van der Waals surface area contributed by atoms with Gasteiger partial charge in [0.25, 0.3) is 0 Å². The van der Waals surface area contributed by atoms with Crippen molar-refractivity contribution in [2.45, 2.75) is 26.3 Å². The van der Waals surface area contributed by atoms with Crippen LogP contribution in [-0.2, 0) is 6.42 Å². The predicted molar refractivity (Wildman–Crippen MR) is 72.9 cm³/mol. The van der Waals surface area contributed by atoms with E-state index >= 15 is 0 Å². The quantitative estimate of drug-likeness (QED) is 0.893. The minimum absolute atomic E-state index is 0.294. The van der Waals surface area contributed by atoms with Gasteiger partial charge < -0.3 is 5.73 Å². The van der Waals surface area contributed by atoms with Crippen molar-refractivity contribution in [2.24, 2.45) is 5.73 Å². The smallest absolute Gasteiger partial charge is 0.128 e. The van der Waals surface area contributed by atoms with Gasteiger partial charge in [-0.3, -0.25) is 0 Å². The Kier molecular flexibility index (Phi) is 3.96. The van der Waals surface area contributed by atoms with E-state index in [1.807, 2.05) is 19.9 Å². The van der Waals surface area contributed by atoms with Gasteiger partial charge in [0.1, 0.15) is 11.6 Å². The Bertz CT molecular complexity index is 593. The SMILES string of the molecule is Cc1ccc(C(N)Cc2cc(F)ccc2C)c(F)c1. The molecule has 2 aromatic carbocycles. The fraction of sp³-hybridized carbons (Fsp3) is 0.250. The molecular weight excluding hydrogens is 244 g/mol. The molecule has 0 saturated heterocycles. The van der Waals surface area contributed by atoms with Crippen LogP contribution >= 0.6 is 0 Å². The first-order valence-electron chi connectivity index (χ1n) is 6.24. The van der Waals surface area contributed by atoms with Gasteiger partial charge in [-0.05, 0) is 55.2 Å². The van der Waals surface area contributed by atoms with Crippen LogP contribution in [0, 0.1) is 25.5 Å². The first kappa shape index (κ1) is 13.7. The van der Waals surface area contributed by atoms with E-state index in [4.69, 9.17) is 5.73 Å². The molecule has 2 rings (SSSR count). The molecule has 19 heavy (non-hydrogen) atoms. The highest BCUT2D eigenvalue weighted by molar-refractivity contribution is 5.31. The predicted octanol–water partition coefficient (Wildman–Crippen LogP) is 3.82. The monoisotopic (exact) mass is 261 g/mol. The summed E-state index contributed by atoms with van der Waals surface area (Å²) in [5, 5.41) is 0. The summed E-state index contributed by atoms with van der Waals surface area (Å²) in [6.07, 6.45) is 0.420. The normalized spacial score (nSPS) is 12.5. The average molecular weight is 261 g/mol. The third-order valence-electron chi connectivity index (χ3n) is 3.31. The number of hydrogen-bond acceptors (Lipinski definition) is 1. The summed E-state index contributed by atoms with van der Waals surface area (Å²) in [7, 11) is 0. The number of benzene rings is 2. The molecule has 2 aromatic rings. The van der Waals surface area contributed by atoms with Crippen LogP contribution in [0.15, 0.2) is 36.4 Å². The zero-order valence-corrected chi connectivity index (χ0v) is 11.1. The Balaban J connectivity index is 2.25. The van der Waals surface area contributed by atoms with E-state index < -0.39 is 6.04 Å². The summed E-state index contributed by atoms with van der Waals surface area (Å²) in [4.78, 5) is 0. The van der Waals surface area contributed by atoms with Crippen molar-refractivity contribution in [1.82, 2.24) is 0 Å². The van der Waals surface area contributed by atoms with Gasteiger partial charge in [-0.2, -0.15) is 0 Å². The minimum atomic E-state index is -0.471. The summed E-state index contributed by atoms with van der Waals surface area (Å²) in [5.41, 5.74) is 9.13. The van der Waals surface area contributed by atoms with E-state index in [1.165, 1.54) is 18.2 Å². The Hall–Kier alpha value is -1.74. The van der Waals surface area contributed by atoms with Gasteiger partial charge in [-0.25, -0.2) is 8.78 Å². The van der Waals surface area contributed by atoms with E-state index in [1.54, 1.807) is 12.1 Å². The van der Waals surface area contributed by atoms with Gasteiger partial charge in [0.2, 0.25) is 0 Å². The maximum absolute atomic E-state index is 13.8. The Morgan fingerprint density at radius 1 is 1.05 bits per heavy atom. The maximum atomic E-state index is 13.8. The summed E-state index contributed by atoms with van der Waals surface area (Å²) < 4.78 is 27.0. The van der Waals surface area contributed by atoms with Crippen LogP contribution in [0.5, 0.6) is 0 Å². The lowest BCUT2D eigenvalue weighted by Crippen LogP contribution is -2.15. The second-order valence-electron chi connectivity index (χ2n) is 4.91. The van der Waals surface area contributed by atoms with E-state index in [0.717, 1.165) is 16.7 Å². The van der Waals surface area contributed by atoms with Crippen LogP contribution in [0.3, 0.4) is 0 Å². The molecule has 100 valence electrons. The lowest BCUT2D eigenvalue weighted by molar-refractivity contribution is 0.577. The Morgan fingerprint density at radius 2 is 1.79 bits per heavy atom. The third-order valence-corrected chi connectivity index (χ3v) is 3.31. The molecule has 0 aromatic heterocycles. The molecule has 0 aliphatic rings. The minimum Gasteiger partial charge on any atom is -0.324 e. The van der Waals surface area contributed by atoms with Crippen molar-refractivity contribution in [3.05, 3.63) is 70.3 Å². The van der Waals surface area contributed by atoms with Gasteiger partial charge in [0, 0.05) is 11.6 Å². The van der Waals surface area contributed by atoms with Crippen molar-refractivity contribution in [1.29, 1.82) is 0 Å². The average Bonchev–Trinajstić information content (AvgIpc) is 2.33. The van der Waals surface area contributed by atoms with Crippen LogP contribution in [0.25, 0.3) is 0 Å². The standard InChI is InChI=1S/C16H17F2N/c1-10-3-6-14(15(18)7-10)16(19)9-12-8-13(17)5-4-11(12)2/h3-8,16H,9,19H2,1-2H3. The number of rotatable bonds is 3. The number of halogens is 2. The lowest BCUT2D eigenvalue weighted by atomic mass is 9.96. The molecule has 0 radical (unpaired) electrons. The van der Waals surface area contributed by atoms with Crippen LogP contribution in [0.1, 0.15) is 28.3 Å². The van der Waals surface area contributed by atoms with E-state index in [2.05, 4.69) is 0 Å². The second kappa shape index (κ2) is 5.49. The topological polar surface area (TPSA) is 26.0 Å². The van der Waals surface area contributed by atoms with Crippen LogP contribution in [-0.4, -0.2) is 0 Å². The fourth-order valence-corrected chi connectivity index (χ4v) is 2.14. The first-order valence-corrected chi connectivity index (χ1v) is 6.24. The zero-order chi connectivity index (χ0) is 14.0. The number of hydrogen-bond donors (Lipinski definition) is 1. The Labute approximate surface area is 112 Å². The molecule has 3 heteroatoms. The number of nitrogens with two attached hydrogens (primary N) is 1. The van der Waals surface area contributed by atoms with Gasteiger partial charge in [0.15, 0.2) is 0 Å². The summed E-state index contributed by atoms with van der Waals surface area (Å²) >= 11 is 0. The van der Waals surface area contributed by atoms with Crippen LogP contribution < -0.4 is 5.73 Å². The highest BCUT2D eigenvalue weighted by Crippen LogP contribution is 2.22.